The highest BCUT2D eigenvalue weighted by Crippen LogP contribution is 2.43. The van der Waals surface area contributed by atoms with Gasteiger partial charge in [-0.05, 0) is 32.1 Å². The zero-order valence-electron chi connectivity index (χ0n) is 12.3. The summed E-state index contributed by atoms with van der Waals surface area (Å²) in [5.74, 6) is 0.0571. The molecule has 1 N–H and O–H groups in total. The molecule has 5 heteroatoms. The first-order valence-electron chi connectivity index (χ1n) is 7.81. The third kappa shape index (κ3) is 3.16. The summed E-state index contributed by atoms with van der Waals surface area (Å²) < 4.78 is 32.0. The molecule has 0 saturated carbocycles. The van der Waals surface area contributed by atoms with Gasteiger partial charge in [-0.15, -0.1) is 0 Å². The van der Waals surface area contributed by atoms with Gasteiger partial charge in [-0.1, -0.05) is 0 Å². The van der Waals surface area contributed by atoms with Gasteiger partial charge in [0.15, 0.2) is 0 Å². The Balaban J connectivity index is 1.60. The molecular weight excluding hydrogens is 261 g/mol. The standard InChI is InChI=1S/C15H26FNO3/c1-14(16,9-13-10-18-7-4-17-13)12-2-5-20-15(8-12)3-6-19-11-15/h12-13,17H,2-11H2,1H3. The molecule has 0 bridgehead atoms. The Morgan fingerprint density at radius 2 is 2.20 bits per heavy atom. The summed E-state index contributed by atoms with van der Waals surface area (Å²) in [6, 6.07) is 0.136. The fourth-order valence-corrected chi connectivity index (χ4v) is 3.80. The maximum atomic E-state index is 15.2. The number of ether oxygens (including phenoxy) is 3. The van der Waals surface area contributed by atoms with Crippen LogP contribution in [0.15, 0.2) is 0 Å². The molecule has 3 saturated heterocycles. The quantitative estimate of drug-likeness (QED) is 0.857. The van der Waals surface area contributed by atoms with E-state index in [-0.39, 0.29) is 17.6 Å². The number of halogens is 1. The second-order valence-electron chi connectivity index (χ2n) is 6.73. The van der Waals surface area contributed by atoms with Crippen LogP contribution in [0, 0.1) is 5.92 Å². The summed E-state index contributed by atoms with van der Waals surface area (Å²) >= 11 is 0. The molecule has 3 rings (SSSR count). The second kappa shape index (κ2) is 5.87. The molecule has 0 amide bonds. The highest BCUT2D eigenvalue weighted by atomic mass is 19.1. The molecule has 4 atom stereocenters. The molecule has 0 radical (unpaired) electrons. The highest BCUT2D eigenvalue weighted by Gasteiger charge is 2.47. The van der Waals surface area contributed by atoms with Crippen molar-refractivity contribution in [2.75, 3.05) is 39.6 Å². The summed E-state index contributed by atoms with van der Waals surface area (Å²) in [4.78, 5) is 0. The number of alkyl halides is 1. The molecule has 3 fully saturated rings. The minimum Gasteiger partial charge on any atom is -0.379 e. The molecule has 0 aromatic rings. The third-order valence-electron chi connectivity index (χ3n) is 5.06. The minimum atomic E-state index is -1.17. The molecule has 3 aliphatic rings. The summed E-state index contributed by atoms with van der Waals surface area (Å²) in [5.41, 5.74) is -1.38. The van der Waals surface area contributed by atoms with Gasteiger partial charge in [0.05, 0.1) is 25.4 Å². The van der Waals surface area contributed by atoms with E-state index in [1.165, 1.54) is 0 Å². The van der Waals surface area contributed by atoms with Crippen LogP contribution in [-0.4, -0.2) is 56.9 Å². The van der Waals surface area contributed by atoms with Gasteiger partial charge in [-0.2, -0.15) is 0 Å². The molecule has 4 unspecified atom stereocenters. The number of morpholine rings is 1. The van der Waals surface area contributed by atoms with Gasteiger partial charge < -0.3 is 19.5 Å². The fourth-order valence-electron chi connectivity index (χ4n) is 3.80. The van der Waals surface area contributed by atoms with Gasteiger partial charge in [-0.3, -0.25) is 0 Å². The Bertz CT molecular complexity index is 325. The van der Waals surface area contributed by atoms with Crippen LogP contribution >= 0.6 is 0 Å². The van der Waals surface area contributed by atoms with Crippen molar-refractivity contribution in [2.24, 2.45) is 5.92 Å². The smallest absolute Gasteiger partial charge is 0.112 e. The van der Waals surface area contributed by atoms with E-state index >= 15 is 4.39 Å². The van der Waals surface area contributed by atoms with E-state index in [9.17, 15) is 0 Å². The van der Waals surface area contributed by atoms with Crippen molar-refractivity contribution >= 4 is 0 Å². The van der Waals surface area contributed by atoms with Crippen LogP contribution < -0.4 is 5.32 Å². The first kappa shape index (κ1) is 14.7. The van der Waals surface area contributed by atoms with Crippen LogP contribution in [0.2, 0.25) is 0 Å². The molecule has 0 aromatic carbocycles. The molecule has 3 heterocycles. The third-order valence-corrected chi connectivity index (χ3v) is 5.06. The van der Waals surface area contributed by atoms with Crippen molar-refractivity contribution in [3.05, 3.63) is 0 Å². The summed E-state index contributed by atoms with van der Waals surface area (Å²) in [6.07, 6.45) is 3.02. The van der Waals surface area contributed by atoms with Crippen LogP contribution in [0.4, 0.5) is 4.39 Å². The maximum Gasteiger partial charge on any atom is 0.112 e. The number of nitrogens with one attached hydrogen (secondary N) is 1. The lowest BCUT2D eigenvalue weighted by molar-refractivity contribution is -0.125. The Morgan fingerprint density at radius 3 is 2.90 bits per heavy atom. The van der Waals surface area contributed by atoms with Gasteiger partial charge >= 0.3 is 0 Å². The van der Waals surface area contributed by atoms with E-state index in [2.05, 4.69) is 5.32 Å². The van der Waals surface area contributed by atoms with Gasteiger partial charge in [0.2, 0.25) is 0 Å². The van der Waals surface area contributed by atoms with E-state index in [1.54, 1.807) is 6.92 Å². The van der Waals surface area contributed by atoms with Crippen molar-refractivity contribution in [1.82, 2.24) is 5.32 Å². The molecule has 1 spiro atoms. The topological polar surface area (TPSA) is 39.7 Å². The molecule has 0 aromatic heterocycles. The predicted molar refractivity (Wildman–Crippen MR) is 73.6 cm³/mol. The Hall–Kier alpha value is -0.230. The van der Waals surface area contributed by atoms with E-state index < -0.39 is 5.67 Å². The lowest BCUT2D eigenvalue weighted by atomic mass is 9.74. The zero-order valence-corrected chi connectivity index (χ0v) is 12.3. The van der Waals surface area contributed by atoms with E-state index in [0.717, 1.165) is 39.0 Å². The summed E-state index contributed by atoms with van der Waals surface area (Å²) in [7, 11) is 0. The maximum absolute atomic E-state index is 15.2. The van der Waals surface area contributed by atoms with Crippen molar-refractivity contribution < 1.29 is 18.6 Å². The van der Waals surface area contributed by atoms with Crippen molar-refractivity contribution in [1.29, 1.82) is 0 Å². The molecular formula is C15H26FNO3. The van der Waals surface area contributed by atoms with E-state index in [4.69, 9.17) is 14.2 Å². The largest absolute Gasteiger partial charge is 0.379 e. The Labute approximate surface area is 120 Å². The lowest BCUT2D eigenvalue weighted by Gasteiger charge is -2.43. The zero-order chi connectivity index (χ0) is 14.1. The fraction of sp³-hybridized carbons (Fsp3) is 1.00. The molecule has 3 aliphatic heterocycles. The number of hydrogen-bond donors (Lipinski definition) is 1. The van der Waals surface area contributed by atoms with Crippen LogP contribution in [0.25, 0.3) is 0 Å². The van der Waals surface area contributed by atoms with Gasteiger partial charge in [0.1, 0.15) is 5.67 Å². The first-order valence-corrected chi connectivity index (χ1v) is 7.81. The van der Waals surface area contributed by atoms with Crippen LogP contribution in [0.1, 0.15) is 32.6 Å². The monoisotopic (exact) mass is 287 g/mol. The SMILES string of the molecule is CC(F)(CC1COCCN1)C1CCOC2(CCOC2)C1. The normalized spacial score (nSPS) is 41.7. The number of hydrogen-bond acceptors (Lipinski definition) is 4. The number of rotatable bonds is 3. The van der Waals surface area contributed by atoms with E-state index in [1.807, 2.05) is 0 Å². The van der Waals surface area contributed by atoms with Crippen LogP contribution in [0.3, 0.4) is 0 Å². The molecule has 0 aliphatic carbocycles. The highest BCUT2D eigenvalue weighted by molar-refractivity contribution is 4.97. The summed E-state index contributed by atoms with van der Waals surface area (Å²) in [6.45, 7) is 5.96. The van der Waals surface area contributed by atoms with Crippen molar-refractivity contribution in [2.45, 2.75) is 49.9 Å². The summed E-state index contributed by atoms with van der Waals surface area (Å²) in [5, 5.41) is 3.35. The van der Waals surface area contributed by atoms with Crippen molar-refractivity contribution in [3.63, 3.8) is 0 Å². The van der Waals surface area contributed by atoms with Gasteiger partial charge in [0.25, 0.3) is 0 Å². The van der Waals surface area contributed by atoms with Crippen molar-refractivity contribution in [3.8, 4) is 0 Å². The van der Waals surface area contributed by atoms with Gasteiger partial charge in [-0.25, -0.2) is 4.39 Å². The van der Waals surface area contributed by atoms with Gasteiger partial charge in [0, 0.05) is 32.2 Å². The molecule has 20 heavy (non-hydrogen) atoms. The predicted octanol–water partition coefficient (Wildman–Crippen LogP) is 1.68. The van der Waals surface area contributed by atoms with E-state index in [0.29, 0.717) is 26.2 Å². The Kier molecular flexibility index (Phi) is 4.32. The second-order valence-corrected chi connectivity index (χ2v) is 6.73. The average molecular weight is 287 g/mol. The average Bonchev–Trinajstić information content (AvgIpc) is 2.87. The molecule has 116 valence electrons. The molecule has 4 nitrogen and oxygen atoms in total. The Morgan fingerprint density at radius 1 is 1.30 bits per heavy atom. The minimum absolute atomic E-state index is 0.0571. The van der Waals surface area contributed by atoms with Crippen LogP contribution in [0.5, 0.6) is 0 Å². The lowest BCUT2D eigenvalue weighted by Crippen LogP contribution is -2.50. The first-order chi connectivity index (χ1) is 9.60. The van der Waals surface area contributed by atoms with Crippen LogP contribution in [-0.2, 0) is 14.2 Å².